The van der Waals surface area contributed by atoms with E-state index in [-0.39, 0.29) is 19.3 Å². The average molecular weight is 456 g/mol. The van der Waals surface area contributed by atoms with Crippen molar-refractivity contribution in [1.29, 1.82) is 0 Å². The van der Waals surface area contributed by atoms with Gasteiger partial charge in [-0.15, -0.1) is 0 Å². The maximum absolute atomic E-state index is 12.2. The standard InChI is InChI=1S/C24H24O9/c25-19-10-16(22(28)31-19)13-4-1-2-5-14(17-11-20(26)32-23(17)29)8-9-15(7-3-6-13)18-12-21(27)33-24(18)30/h4-5,7,16-18H,1-3,6,8-12H2/b13-4+,14-5-,15-7-/t16-,17-,18-/m0/s1. The molecule has 0 bridgehead atoms. The van der Waals surface area contributed by atoms with E-state index in [1.165, 1.54) is 0 Å². The van der Waals surface area contributed by atoms with E-state index < -0.39 is 53.6 Å². The van der Waals surface area contributed by atoms with Gasteiger partial charge in [0.15, 0.2) is 0 Å². The first-order valence-electron chi connectivity index (χ1n) is 11.1. The highest BCUT2D eigenvalue weighted by atomic mass is 16.6. The Morgan fingerprint density at radius 1 is 0.485 bits per heavy atom. The Labute approximate surface area is 189 Å². The molecule has 0 spiro atoms. The molecule has 3 fully saturated rings. The molecular formula is C24H24O9. The minimum Gasteiger partial charge on any atom is -0.393 e. The van der Waals surface area contributed by atoms with Crippen molar-refractivity contribution in [3.8, 4) is 0 Å². The number of carbonyl (C=O) groups excluding carboxylic acids is 6. The van der Waals surface area contributed by atoms with Crippen LogP contribution in [0.3, 0.4) is 0 Å². The number of rotatable bonds is 3. The summed E-state index contributed by atoms with van der Waals surface area (Å²) in [6, 6.07) is 0. The van der Waals surface area contributed by atoms with Crippen molar-refractivity contribution in [3.63, 3.8) is 0 Å². The summed E-state index contributed by atoms with van der Waals surface area (Å²) in [5.41, 5.74) is 2.26. The second kappa shape index (κ2) is 9.64. The summed E-state index contributed by atoms with van der Waals surface area (Å²) in [4.78, 5) is 71.4. The fraction of sp³-hybridized carbons (Fsp3) is 0.500. The van der Waals surface area contributed by atoms with Gasteiger partial charge in [-0.05, 0) is 38.5 Å². The van der Waals surface area contributed by atoms with Crippen LogP contribution in [0, 0.1) is 17.8 Å². The van der Waals surface area contributed by atoms with Gasteiger partial charge in [0.25, 0.3) is 0 Å². The predicted molar refractivity (Wildman–Crippen MR) is 110 cm³/mol. The molecule has 0 radical (unpaired) electrons. The van der Waals surface area contributed by atoms with Crippen LogP contribution in [0.25, 0.3) is 0 Å². The summed E-state index contributed by atoms with van der Waals surface area (Å²) < 4.78 is 14.1. The molecule has 1 aliphatic carbocycles. The molecule has 3 saturated heterocycles. The highest BCUT2D eigenvalue weighted by molar-refractivity contribution is 5.97. The van der Waals surface area contributed by atoms with Gasteiger partial charge in [-0.1, -0.05) is 34.9 Å². The fourth-order valence-electron chi connectivity index (χ4n) is 4.78. The zero-order chi connectivity index (χ0) is 23.5. The second-order valence-corrected chi connectivity index (χ2v) is 8.60. The minimum absolute atomic E-state index is 0.00179. The van der Waals surface area contributed by atoms with Crippen molar-refractivity contribution in [2.24, 2.45) is 17.8 Å². The minimum atomic E-state index is -0.690. The molecule has 4 rings (SSSR count). The van der Waals surface area contributed by atoms with E-state index in [9.17, 15) is 28.8 Å². The van der Waals surface area contributed by atoms with Crippen molar-refractivity contribution in [3.05, 3.63) is 34.9 Å². The van der Waals surface area contributed by atoms with Crippen LogP contribution in [-0.2, 0) is 43.0 Å². The SMILES string of the molecule is O=C1C[C@@H](/C2=C\CC/C=C(/[C@@H]3CC(=O)OC3=O)CC/C=C(\[C@@H]3CC(=O)OC3=O)CC2)C(=O)O1. The molecule has 33 heavy (non-hydrogen) atoms. The van der Waals surface area contributed by atoms with Crippen molar-refractivity contribution in [1.82, 2.24) is 0 Å². The van der Waals surface area contributed by atoms with E-state index in [1.54, 1.807) is 0 Å². The third-order valence-electron chi connectivity index (χ3n) is 6.47. The summed E-state index contributed by atoms with van der Waals surface area (Å²) in [6.45, 7) is 0. The van der Waals surface area contributed by atoms with E-state index in [4.69, 9.17) is 14.2 Å². The normalized spacial score (nSPS) is 34.2. The first-order valence-corrected chi connectivity index (χ1v) is 11.1. The smallest absolute Gasteiger partial charge is 0.321 e. The zero-order valence-corrected chi connectivity index (χ0v) is 18.0. The van der Waals surface area contributed by atoms with Crippen LogP contribution in [0.4, 0.5) is 0 Å². The Kier molecular flexibility index (Phi) is 6.67. The van der Waals surface area contributed by atoms with Crippen molar-refractivity contribution >= 4 is 35.8 Å². The fourth-order valence-corrected chi connectivity index (χ4v) is 4.78. The monoisotopic (exact) mass is 456 g/mol. The van der Waals surface area contributed by atoms with Gasteiger partial charge < -0.3 is 14.2 Å². The quantitative estimate of drug-likeness (QED) is 0.272. The summed E-state index contributed by atoms with van der Waals surface area (Å²) in [5.74, 6) is -5.41. The lowest BCUT2D eigenvalue weighted by Crippen LogP contribution is -2.15. The molecule has 0 aromatic heterocycles. The van der Waals surface area contributed by atoms with Gasteiger partial charge in [0.05, 0.1) is 37.0 Å². The lowest BCUT2D eigenvalue weighted by molar-refractivity contribution is -0.154. The third kappa shape index (κ3) is 5.18. The van der Waals surface area contributed by atoms with Gasteiger partial charge in [-0.3, -0.25) is 28.8 Å². The van der Waals surface area contributed by atoms with Crippen molar-refractivity contribution < 1.29 is 43.0 Å². The second-order valence-electron chi connectivity index (χ2n) is 8.60. The Bertz CT molecular complexity index is 1010. The largest absolute Gasteiger partial charge is 0.393 e. The van der Waals surface area contributed by atoms with Crippen LogP contribution in [0.1, 0.15) is 57.8 Å². The van der Waals surface area contributed by atoms with Crippen LogP contribution < -0.4 is 0 Å². The number of carbonyl (C=O) groups is 6. The van der Waals surface area contributed by atoms with Gasteiger partial charge in [-0.25, -0.2) is 0 Å². The van der Waals surface area contributed by atoms with Gasteiger partial charge in [0, 0.05) is 0 Å². The Balaban J connectivity index is 1.61. The van der Waals surface area contributed by atoms with Gasteiger partial charge >= 0.3 is 35.8 Å². The van der Waals surface area contributed by atoms with Crippen molar-refractivity contribution in [2.45, 2.75) is 57.8 Å². The van der Waals surface area contributed by atoms with Crippen LogP contribution in [0.2, 0.25) is 0 Å². The highest BCUT2D eigenvalue weighted by Gasteiger charge is 2.39. The predicted octanol–water partition coefficient (Wildman–Crippen LogP) is 2.39. The molecule has 0 saturated carbocycles. The first kappa shape index (κ1) is 22.8. The zero-order valence-electron chi connectivity index (χ0n) is 18.0. The molecule has 0 aromatic carbocycles. The Morgan fingerprint density at radius 3 is 1.15 bits per heavy atom. The molecule has 4 aliphatic rings. The number of hydrogen-bond acceptors (Lipinski definition) is 9. The topological polar surface area (TPSA) is 130 Å². The van der Waals surface area contributed by atoms with Crippen LogP contribution in [-0.4, -0.2) is 35.8 Å². The molecule has 3 atom stereocenters. The van der Waals surface area contributed by atoms with Crippen LogP contribution in [0.5, 0.6) is 0 Å². The van der Waals surface area contributed by atoms with Gasteiger partial charge in [0.1, 0.15) is 0 Å². The number of allylic oxidation sites excluding steroid dienone is 3. The lowest BCUT2D eigenvalue weighted by Gasteiger charge is -2.17. The third-order valence-corrected chi connectivity index (χ3v) is 6.47. The number of ether oxygens (including phenoxy) is 3. The van der Waals surface area contributed by atoms with E-state index in [0.717, 1.165) is 16.7 Å². The lowest BCUT2D eigenvalue weighted by atomic mass is 9.85. The number of cyclic esters (lactones) is 6. The molecule has 9 nitrogen and oxygen atoms in total. The Hall–Kier alpha value is -3.36. The van der Waals surface area contributed by atoms with E-state index in [0.29, 0.717) is 38.5 Å². The van der Waals surface area contributed by atoms with Gasteiger partial charge in [-0.2, -0.15) is 0 Å². The maximum Gasteiger partial charge on any atom is 0.321 e. The number of esters is 6. The van der Waals surface area contributed by atoms with E-state index in [1.807, 2.05) is 18.2 Å². The summed E-state index contributed by atoms with van der Waals surface area (Å²) >= 11 is 0. The summed E-state index contributed by atoms with van der Waals surface area (Å²) in [6.07, 6.45) is 8.64. The maximum atomic E-state index is 12.2. The molecule has 0 aromatic rings. The van der Waals surface area contributed by atoms with E-state index in [2.05, 4.69) is 0 Å². The first-order chi connectivity index (χ1) is 15.8. The highest BCUT2D eigenvalue weighted by Crippen LogP contribution is 2.35. The number of hydrogen-bond donors (Lipinski definition) is 0. The molecule has 0 unspecified atom stereocenters. The molecule has 0 amide bonds. The molecule has 174 valence electrons. The van der Waals surface area contributed by atoms with Crippen molar-refractivity contribution in [2.75, 3.05) is 0 Å². The van der Waals surface area contributed by atoms with Crippen LogP contribution >= 0.6 is 0 Å². The van der Waals surface area contributed by atoms with Crippen LogP contribution in [0.15, 0.2) is 34.9 Å². The molecule has 3 heterocycles. The Morgan fingerprint density at radius 2 is 0.818 bits per heavy atom. The van der Waals surface area contributed by atoms with E-state index >= 15 is 0 Å². The molecule has 0 N–H and O–H groups in total. The summed E-state index contributed by atoms with van der Waals surface area (Å²) in [7, 11) is 0. The summed E-state index contributed by atoms with van der Waals surface area (Å²) in [5, 5.41) is 0. The molecular weight excluding hydrogens is 432 g/mol. The average Bonchev–Trinajstić information content (AvgIpc) is 3.38. The molecule has 9 heteroatoms. The van der Waals surface area contributed by atoms with Gasteiger partial charge in [0.2, 0.25) is 0 Å². The molecule has 3 aliphatic heterocycles.